The van der Waals surface area contributed by atoms with Gasteiger partial charge in [0.2, 0.25) is 0 Å². The van der Waals surface area contributed by atoms with E-state index in [0.29, 0.717) is 6.54 Å². The summed E-state index contributed by atoms with van der Waals surface area (Å²) >= 11 is 0. The molecule has 0 aliphatic heterocycles. The highest BCUT2D eigenvalue weighted by molar-refractivity contribution is 5.81. The summed E-state index contributed by atoms with van der Waals surface area (Å²) < 4.78 is 0. The normalized spacial score (nSPS) is 11.5. The van der Waals surface area contributed by atoms with Crippen molar-refractivity contribution in [3.63, 3.8) is 0 Å². The van der Waals surface area contributed by atoms with Crippen molar-refractivity contribution in [1.82, 2.24) is 10.2 Å². The Balaban J connectivity index is 1.96. The lowest BCUT2D eigenvalue weighted by atomic mass is 10.1. The number of carbonyl (C=O) groups is 2. The summed E-state index contributed by atoms with van der Waals surface area (Å²) in [6.07, 6.45) is 0.189. The van der Waals surface area contributed by atoms with E-state index in [0.717, 1.165) is 11.1 Å². The van der Waals surface area contributed by atoms with Crippen molar-refractivity contribution >= 4 is 12.0 Å². The number of benzene rings is 2. The van der Waals surface area contributed by atoms with Gasteiger partial charge >= 0.3 is 6.03 Å². The van der Waals surface area contributed by atoms with Gasteiger partial charge in [-0.1, -0.05) is 60.7 Å². The maximum atomic E-state index is 12.2. The topological polar surface area (TPSA) is 72.5 Å². The summed E-state index contributed by atoms with van der Waals surface area (Å²) in [5, 5.41) is 13.8. The summed E-state index contributed by atoms with van der Waals surface area (Å²) in [6, 6.07) is 17.1. The maximum Gasteiger partial charge on any atom is 0.317 e. The third-order valence-corrected chi connectivity index (χ3v) is 3.47. The monoisotopic (exact) mass is 311 g/mol. The van der Waals surface area contributed by atoms with Gasteiger partial charge in [-0.3, -0.25) is 0 Å². The van der Waals surface area contributed by atoms with Crippen LogP contribution in [0.15, 0.2) is 60.7 Å². The van der Waals surface area contributed by atoms with Crippen LogP contribution in [0, 0.1) is 0 Å². The summed E-state index contributed by atoms with van der Waals surface area (Å²) in [5.41, 5.74) is 1.80. The van der Waals surface area contributed by atoms with Crippen LogP contribution in [0.3, 0.4) is 0 Å². The smallest absolute Gasteiger partial charge is 0.317 e. The molecule has 1 N–H and O–H groups in total. The maximum absolute atomic E-state index is 12.2. The molecule has 0 fully saturated rings. The van der Waals surface area contributed by atoms with Crippen LogP contribution in [0.2, 0.25) is 0 Å². The van der Waals surface area contributed by atoms with Crippen LogP contribution in [-0.2, 0) is 17.8 Å². The third-order valence-electron chi connectivity index (χ3n) is 3.47. The summed E-state index contributed by atoms with van der Waals surface area (Å²) in [5.74, 6) is -1.30. The zero-order chi connectivity index (χ0) is 16.7. The van der Waals surface area contributed by atoms with Crippen molar-refractivity contribution < 1.29 is 14.7 Å². The number of hydrogen-bond donors (Lipinski definition) is 1. The van der Waals surface area contributed by atoms with Crippen LogP contribution >= 0.6 is 0 Å². The summed E-state index contributed by atoms with van der Waals surface area (Å²) in [7, 11) is 1.62. The van der Waals surface area contributed by atoms with Crippen LogP contribution in [0.4, 0.5) is 4.79 Å². The van der Waals surface area contributed by atoms with E-state index in [2.05, 4.69) is 5.32 Å². The molecule has 2 rings (SSSR count). The van der Waals surface area contributed by atoms with Gasteiger partial charge in [0.1, 0.15) is 0 Å². The first-order valence-electron chi connectivity index (χ1n) is 7.36. The lowest BCUT2D eigenvalue weighted by Crippen LogP contribution is -2.52. The molecule has 0 aliphatic rings. The van der Waals surface area contributed by atoms with E-state index in [1.165, 1.54) is 4.90 Å². The summed E-state index contributed by atoms with van der Waals surface area (Å²) in [6.45, 7) is 0.401. The van der Waals surface area contributed by atoms with Crippen molar-refractivity contribution in [1.29, 1.82) is 0 Å². The van der Waals surface area contributed by atoms with Gasteiger partial charge in [-0.05, 0) is 17.5 Å². The highest BCUT2D eigenvalue weighted by Gasteiger charge is 2.17. The Labute approximate surface area is 135 Å². The number of carboxylic acid groups (broad SMARTS) is 1. The molecule has 0 saturated carbocycles. The fourth-order valence-corrected chi connectivity index (χ4v) is 2.23. The standard InChI is InChI=1S/C18H20N2O3/c1-20(13-15-10-6-3-7-11-15)18(23)19-16(17(21)22)12-14-8-4-2-5-9-14/h2-11,16H,12-13H2,1H3,(H,19,23)(H,21,22)/p-1/t16-/m0/s1. The average molecular weight is 311 g/mol. The Kier molecular flexibility index (Phi) is 5.74. The second-order valence-corrected chi connectivity index (χ2v) is 5.35. The van der Waals surface area contributed by atoms with E-state index in [1.807, 2.05) is 60.7 Å². The molecule has 0 aromatic heterocycles. The molecule has 2 aromatic carbocycles. The second kappa shape index (κ2) is 7.98. The molecule has 1 atom stereocenters. The van der Waals surface area contributed by atoms with Crippen molar-refractivity contribution in [3.8, 4) is 0 Å². The molecule has 0 bridgehead atoms. The van der Waals surface area contributed by atoms with Gasteiger partial charge in [0.25, 0.3) is 0 Å². The molecule has 5 nitrogen and oxygen atoms in total. The third kappa shape index (κ3) is 5.14. The second-order valence-electron chi connectivity index (χ2n) is 5.35. The zero-order valence-electron chi connectivity index (χ0n) is 12.9. The van der Waals surface area contributed by atoms with E-state index < -0.39 is 18.0 Å². The number of hydrogen-bond acceptors (Lipinski definition) is 3. The first kappa shape index (κ1) is 16.5. The zero-order valence-corrected chi connectivity index (χ0v) is 12.9. The molecule has 0 unspecified atom stereocenters. The molecule has 0 heterocycles. The number of carbonyl (C=O) groups excluding carboxylic acids is 2. The Bertz CT molecular complexity index is 644. The van der Waals surface area contributed by atoms with Gasteiger partial charge < -0.3 is 20.1 Å². The Hall–Kier alpha value is -2.82. The highest BCUT2D eigenvalue weighted by Crippen LogP contribution is 2.05. The van der Waals surface area contributed by atoms with Gasteiger partial charge in [-0.25, -0.2) is 4.79 Å². The van der Waals surface area contributed by atoms with Crippen molar-refractivity contribution in [2.75, 3.05) is 7.05 Å². The largest absolute Gasteiger partial charge is 0.548 e. The predicted molar refractivity (Wildman–Crippen MR) is 85.4 cm³/mol. The predicted octanol–water partition coefficient (Wildman–Crippen LogP) is 1.19. The first-order valence-corrected chi connectivity index (χ1v) is 7.36. The molecule has 2 amide bonds. The van der Waals surface area contributed by atoms with Crippen molar-refractivity contribution in [3.05, 3.63) is 71.8 Å². The SMILES string of the molecule is CN(Cc1ccccc1)C(=O)N[C@@H](Cc1ccccc1)C(=O)[O-]. The van der Waals surface area contributed by atoms with E-state index in [4.69, 9.17) is 0 Å². The van der Waals surface area contributed by atoms with E-state index in [9.17, 15) is 14.7 Å². The number of urea groups is 1. The number of rotatable bonds is 6. The molecular weight excluding hydrogens is 292 g/mol. The van der Waals surface area contributed by atoms with Gasteiger partial charge in [0, 0.05) is 13.6 Å². The first-order chi connectivity index (χ1) is 11.1. The molecule has 0 aliphatic carbocycles. The van der Waals surface area contributed by atoms with Crippen LogP contribution in [0.1, 0.15) is 11.1 Å². The lowest BCUT2D eigenvalue weighted by Gasteiger charge is -2.24. The van der Waals surface area contributed by atoms with E-state index in [-0.39, 0.29) is 6.42 Å². The van der Waals surface area contributed by atoms with E-state index in [1.54, 1.807) is 7.05 Å². The Morgan fingerprint density at radius 1 is 1.00 bits per heavy atom. The van der Waals surface area contributed by atoms with Gasteiger partial charge in [-0.15, -0.1) is 0 Å². The minimum atomic E-state index is -1.30. The fourth-order valence-electron chi connectivity index (χ4n) is 2.23. The molecule has 0 saturated heterocycles. The van der Waals surface area contributed by atoms with Crippen LogP contribution in [0.5, 0.6) is 0 Å². The van der Waals surface area contributed by atoms with Gasteiger partial charge in [0.05, 0.1) is 12.0 Å². The van der Waals surface area contributed by atoms with E-state index >= 15 is 0 Å². The molecule has 5 heteroatoms. The molecule has 23 heavy (non-hydrogen) atoms. The Morgan fingerprint density at radius 3 is 2.04 bits per heavy atom. The minimum absolute atomic E-state index is 0.189. The molecule has 0 spiro atoms. The molecular formula is C18H19N2O3-. The average Bonchev–Trinajstić information content (AvgIpc) is 2.56. The van der Waals surface area contributed by atoms with Crippen LogP contribution < -0.4 is 10.4 Å². The highest BCUT2D eigenvalue weighted by atomic mass is 16.4. The molecule has 2 aromatic rings. The Morgan fingerprint density at radius 2 is 1.52 bits per heavy atom. The summed E-state index contributed by atoms with van der Waals surface area (Å²) in [4.78, 5) is 24.9. The number of aliphatic carboxylic acids is 1. The van der Waals surface area contributed by atoms with Gasteiger partial charge in [0.15, 0.2) is 0 Å². The number of nitrogens with zero attached hydrogens (tertiary/aromatic N) is 1. The van der Waals surface area contributed by atoms with Crippen LogP contribution in [0.25, 0.3) is 0 Å². The molecule has 120 valence electrons. The quantitative estimate of drug-likeness (QED) is 0.871. The number of carboxylic acids is 1. The lowest BCUT2D eigenvalue weighted by molar-refractivity contribution is -0.308. The number of amides is 2. The minimum Gasteiger partial charge on any atom is -0.548 e. The van der Waals surface area contributed by atoms with Crippen LogP contribution in [-0.4, -0.2) is 30.0 Å². The molecule has 0 radical (unpaired) electrons. The van der Waals surface area contributed by atoms with Crippen molar-refractivity contribution in [2.24, 2.45) is 0 Å². The van der Waals surface area contributed by atoms with Crippen molar-refractivity contribution in [2.45, 2.75) is 19.0 Å². The van der Waals surface area contributed by atoms with Gasteiger partial charge in [-0.2, -0.15) is 0 Å². The number of nitrogens with one attached hydrogen (secondary N) is 1. The fraction of sp³-hybridized carbons (Fsp3) is 0.222.